The van der Waals surface area contributed by atoms with Gasteiger partial charge in [-0.2, -0.15) is 0 Å². The van der Waals surface area contributed by atoms with Crippen LogP contribution >= 0.6 is 0 Å². The zero-order valence-electron chi connectivity index (χ0n) is 12.2. The number of benzene rings is 1. The molecule has 1 saturated heterocycles. The summed E-state index contributed by atoms with van der Waals surface area (Å²) in [6.45, 7) is 5.72. The van der Waals surface area contributed by atoms with Gasteiger partial charge in [0.25, 0.3) is 0 Å². The van der Waals surface area contributed by atoms with Gasteiger partial charge in [0.2, 0.25) is 0 Å². The molecule has 3 unspecified atom stereocenters. The van der Waals surface area contributed by atoms with Crippen molar-refractivity contribution in [2.75, 3.05) is 13.2 Å². The molecule has 1 aliphatic rings. The lowest BCUT2D eigenvalue weighted by Gasteiger charge is -2.29. The van der Waals surface area contributed by atoms with Crippen LogP contribution in [0.3, 0.4) is 0 Å². The predicted octanol–water partition coefficient (Wildman–Crippen LogP) is 2.65. The number of halogens is 1. The van der Waals surface area contributed by atoms with E-state index in [1.165, 1.54) is 12.1 Å². The number of hydrogen-bond donors (Lipinski definition) is 2. The molecule has 3 nitrogen and oxygen atoms in total. The van der Waals surface area contributed by atoms with Gasteiger partial charge in [0.05, 0.1) is 12.2 Å². The molecule has 1 aromatic rings. The first-order valence-corrected chi connectivity index (χ1v) is 7.36. The normalized spacial score (nSPS) is 22.1. The number of hydrogen-bond acceptors (Lipinski definition) is 3. The highest BCUT2D eigenvalue weighted by atomic mass is 19.1. The minimum absolute atomic E-state index is 0.0651. The van der Waals surface area contributed by atoms with Crippen molar-refractivity contribution >= 4 is 0 Å². The summed E-state index contributed by atoms with van der Waals surface area (Å²) in [5.41, 5.74) is 0.741. The third kappa shape index (κ3) is 4.01. The lowest BCUT2D eigenvalue weighted by molar-refractivity contribution is 0.0755. The van der Waals surface area contributed by atoms with Crippen molar-refractivity contribution in [2.24, 2.45) is 5.92 Å². The smallest absolute Gasteiger partial charge is 0.123 e. The Hall–Kier alpha value is -0.970. The van der Waals surface area contributed by atoms with Gasteiger partial charge in [-0.1, -0.05) is 26.0 Å². The predicted molar refractivity (Wildman–Crippen MR) is 77.0 cm³/mol. The summed E-state index contributed by atoms with van der Waals surface area (Å²) in [5, 5.41) is 13.9. The first kappa shape index (κ1) is 15.4. The van der Waals surface area contributed by atoms with E-state index < -0.39 is 6.10 Å². The van der Waals surface area contributed by atoms with Crippen molar-refractivity contribution in [3.05, 3.63) is 35.6 Å². The Kier molecular flexibility index (Phi) is 5.52. The van der Waals surface area contributed by atoms with Crippen LogP contribution in [0.1, 0.15) is 38.4 Å². The molecule has 0 amide bonds. The Bertz CT molecular complexity index is 401. The second-order valence-corrected chi connectivity index (χ2v) is 5.81. The van der Waals surface area contributed by atoms with E-state index in [1.54, 1.807) is 12.1 Å². The third-order valence-electron chi connectivity index (χ3n) is 3.88. The van der Waals surface area contributed by atoms with Crippen molar-refractivity contribution in [1.82, 2.24) is 5.32 Å². The first-order chi connectivity index (χ1) is 9.58. The summed E-state index contributed by atoms with van der Waals surface area (Å²) in [6, 6.07) is 5.99. The molecule has 0 bridgehead atoms. The molecule has 1 fully saturated rings. The summed E-state index contributed by atoms with van der Waals surface area (Å²) in [5.74, 6) is -0.00850. The Morgan fingerprint density at radius 2 is 2.05 bits per heavy atom. The fraction of sp³-hybridized carbons (Fsp3) is 0.625. The van der Waals surface area contributed by atoms with Crippen molar-refractivity contribution in [1.29, 1.82) is 0 Å². The van der Waals surface area contributed by atoms with Gasteiger partial charge in [-0.05, 0) is 36.5 Å². The van der Waals surface area contributed by atoms with E-state index >= 15 is 0 Å². The van der Waals surface area contributed by atoms with Crippen LogP contribution in [0.15, 0.2) is 24.3 Å². The van der Waals surface area contributed by atoms with Gasteiger partial charge in [-0.15, -0.1) is 0 Å². The van der Waals surface area contributed by atoms with E-state index in [0.717, 1.165) is 31.6 Å². The van der Waals surface area contributed by atoms with Gasteiger partial charge < -0.3 is 15.2 Å². The van der Waals surface area contributed by atoms with Crippen LogP contribution in [0.25, 0.3) is 0 Å². The molecule has 112 valence electrons. The molecular weight excluding hydrogens is 257 g/mol. The molecule has 0 radical (unpaired) electrons. The maximum Gasteiger partial charge on any atom is 0.123 e. The van der Waals surface area contributed by atoms with Crippen LogP contribution in [0.2, 0.25) is 0 Å². The standard InChI is InChI=1S/C16H24FNO2/c1-11(2)15(18-10-14-4-3-9-20-14)16(19)12-5-7-13(17)8-6-12/h5-8,11,14-16,18-19H,3-4,9-10H2,1-2H3. The van der Waals surface area contributed by atoms with E-state index in [9.17, 15) is 9.50 Å². The SMILES string of the molecule is CC(C)C(NCC1CCCO1)C(O)c1ccc(F)cc1. The van der Waals surface area contributed by atoms with Gasteiger partial charge >= 0.3 is 0 Å². The number of aliphatic hydroxyl groups excluding tert-OH is 1. The largest absolute Gasteiger partial charge is 0.387 e. The average Bonchev–Trinajstić information content (AvgIpc) is 2.92. The van der Waals surface area contributed by atoms with Gasteiger partial charge in [0.15, 0.2) is 0 Å². The zero-order valence-corrected chi connectivity index (χ0v) is 12.2. The summed E-state index contributed by atoms with van der Waals surface area (Å²) < 4.78 is 18.5. The Labute approximate surface area is 120 Å². The van der Waals surface area contributed by atoms with E-state index in [0.29, 0.717) is 0 Å². The Morgan fingerprint density at radius 1 is 1.35 bits per heavy atom. The van der Waals surface area contributed by atoms with E-state index in [2.05, 4.69) is 19.2 Å². The maximum atomic E-state index is 12.9. The highest BCUT2D eigenvalue weighted by Gasteiger charge is 2.25. The molecule has 3 atom stereocenters. The van der Waals surface area contributed by atoms with Crippen molar-refractivity contribution < 1.29 is 14.2 Å². The number of nitrogens with one attached hydrogen (secondary N) is 1. The van der Waals surface area contributed by atoms with Crippen LogP contribution in [-0.2, 0) is 4.74 Å². The quantitative estimate of drug-likeness (QED) is 0.842. The molecular formula is C16H24FNO2. The highest BCUT2D eigenvalue weighted by Crippen LogP contribution is 2.23. The Morgan fingerprint density at radius 3 is 2.60 bits per heavy atom. The van der Waals surface area contributed by atoms with Crippen LogP contribution in [-0.4, -0.2) is 30.4 Å². The zero-order chi connectivity index (χ0) is 14.5. The number of rotatable bonds is 6. The summed E-state index contributed by atoms with van der Waals surface area (Å²) >= 11 is 0. The minimum Gasteiger partial charge on any atom is -0.387 e. The monoisotopic (exact) mass is 281 g/mol. The van der Waals surface area contributed by atoms with E-state index in [1.807, 2.05) is 0 Å². The molecule has 1 heterocycles. The Balaban J connectivity index is 1.97. The van der Waals surface area contributed by atoms with E-state index in [4.69, 9.17) is 4.74 Å². The van der Waals surface area contributed by atoms with Crippen LogP contribution in [0.5, 0.6) is 0 Å². The topological polar surface area (TPSA) is 41.5 Å². The molecule has 1 aromatic carbocycles. The third-order valence-corrected chi connectivity index (χ3v) is 3.88. The number of ether oxygens (including phenoxy) is 1. The van der Waals surface area contributed by atoms with Crippen molar-refractivity contribution in [2.45, 2.75) is 44.9 Å². The van der Waals surface area contributed by atoms with Gasteiger partial charge in [0, 0.05) is 19.2 Å². The number of aliphatic hydroxyl groups is 1. The van der Waals surface area contributed by atoms with Crippen molar-refractivity contribution in [3.63, 3.8) is 0 Å². The summed E-state index contributed by atoms with van der Waals surface area (Å²) in [6.07, 6.45) is 1.79. The fourth-order valence-electron chi connectivity index (χ4n) is 2.65. The molecule has 0 spiro atoms. The lowest BCUT2D eigenvalue weighted by Crippen LogP contribution is -2.42. The lowest BCUT2D eigenvalue weighted by atomic mass is 9.93. The van der Waals surface area contributed by atoms with Gasteiger partial charge in [-0.25, -0.2) is 4.39 Å². The van der Waals surface area contributed by atoms with Crippen LogP contribution < -0.4 is 5.32 Å². The maximum absolute atomic E-state index is 12.9. The van der Waals surface area contributed by atoms with Crippen molar-refractivity contribution in [3.8, 4) is 0 Å². The molecule has 4 heteroatoms. The second kappa shape index (κ2) is 7.16. The minimum atomic E-state index is -0.642. The van der Waals surface area contributed by atoms with Gasteiger partial charge in [-0.3, -0.25) is 0 Å². The molecule has 20 heavy (non-hydrogen) atoms. The molecule has 0 aliphatic carbocycles. The van der Waals surface area contributed by atoms with Gasteiger partial charge in [0.1, 0.15) is 5.82 Å². The highest BCUT2D eigenvalue weighted by molar-refractivity contribution is 5.20. The molecule has 0 aromatic heterocycles. The average molecular weight is 281 g/mol. The first-order valence-electron chi connectivity index (χ1n) is 7.36. The molecule has 1 aliphatic heterocycles. The fourth-order valence-corrected chi connectivity index (χ4v) is 2.65. The van der Waals surface area contributed by atoms with Crippen LogP contribution in [0, 0.1) is 11.7 Å². The van der Waals surface area contributed by atoms with E-state index in [-0.39, 0.29) is 23.9 Å². The second-order valence-electron chi connectivity index (χ2n) is 5.81. The van der Waals surface area contributed by atoms with Crippen LogP contribution in [0.4, 0.5) is 4.39 Å². The summed E-state index contributed by atoms with van der Waals surface area (Å²) in [4.78, 5) is 0. The summed E-state index contributed by atoms with van der Waals surface area (Å²) in [7, 11) is 0. The molecule has 2 rings (SSSR count). The molecule has 2 N–H and O–H groups in total. The molecule has 0 saturated carbocycles.